The third-order valence-corrected chi connectivity index (χ3v) is 3.84. The highest BCUT2D eigenvalue weighted by molar-refractivity contribution is 6.28. The summed E-state index contributed by atoms with van der Waals surface area (Å²) in [5, 5.41) is 12.7. The van der Waals surface area contributed by atoms with Crippen molar-refractivity contribution in [3.8, 4) is 5.69 Å². The summed E-state index contributed by atoms with van der Waals surface area (Å²) in [5.41, 5.74) is 2.43. The van der Waals surface area contributed by atoms with Crippen LogP contribution in [0.2, 0.25) is 0 Å². The number of aromatic nitrogens is 2. The molecule has 0 spiro atoms. The van der Waals surface area contributed by atoms with Gasteiger partial charge >= 0.3 is 0 Å². The minimum Gasteiger partial charge on any atom is -0.410 e. The fraction of sp³-hybridized carbons (Fsp3) is 0. The van der Waals surface area contributed by atoms with E-state index in [0.29, 0.717) is 28.2 Å². The largest absolute Gasteiger partial charge is 0.410 e. The zero-order chi connectivity index (χ0) is 16.0. The molecule has 4 rings (SSSR count). The number of rotatable bonds is 1. The number of hydrogen-bond donors (Lipinski definition) is 1. The lowest BCUT2D eigenvalue weighted by Crippen LogP contribution is -2.23. The van der Waals surface area contributed by atoms with Crippen LogP contribution < -0.4 is 0 Å². The average molecular weight is 307 g/mol. The molecule has 0 amide bonds. The van der Waals surface area contributed by atoms with Gasteiger partial charge in [0.25, 0.3) is 0 Å². The molecule has 2 aromatic carbocycles. The van der Waals surface area contributed by atoms with Gasteiger partial charge < -0.3 is 5.21 Å². The van der Waals surface area contributed by atoms with Crippen molar-refractivity contribution in [1.29, 1.82) is 0 Å². The summed E-state index contributed by atoms with van der Waals surface area (Å²) >= 11 is 0. The third-order valence-electron chi connectivity index (χ3n) is 3.84. The summed E-state index contributed by atoms with van der Waals surface area (Å²) in [6.07, 6.45) is 1.47. The van der Waals surface area contributed by atoms with Crippen molar-refractivity contribution in [2.24, 2.45) is 5.16 Å². The van der Waals surface area contributed by atoms with Gasteiger partial charge in [-0.25, -0.2) is 9.37 Å². The summed E-state index contributed by atoms with van der Waals surface area (Å²) < 4.78 is 14.7. The highest BCUT2D eigenvalue weighted by atomic mass is 19.1. The molecule has 1 N–H and O–H groups in total. The standard InChI is InChI=1S/C17H10FN3O2/c18-10-5-7-11(8-6-10)21-9-19-15-14(20-23)12-3-1-2-4-13(12)17(22)16(15)21/h1-9,23H. The minimum absolute atomic E-state index is 0.218. The van der Waals surface area contributed by atoms with Crippen molar-refractivity contribution < 1.29 is 14.4 Å². The first kappa shape index (κ1) is 13.4. The molecular weight excluding hydrogens is 297 g/mol. The highest BCUT2D eigenvalue weighted by Gasteiger charge is 2.33. The van der Waals surface area contributed by atoms with Crippen LogP contribution in [0.1, 0.15) is 27.3 Å². The van der Waals surface area contributed by atoms with Crippen LogP contribution in [0.4, 0.5) is 4.39 Å². The number of halogens is 1. The van der Waals surface area contributed by atoms with E-state index in [1.807, 2.05) is 0 Å². The van der Waals surface area contributed by atoms with Crippen LogP contribution in [0.25, 0.3) is 5.69 Å². The van der Waals surface area contributed by atoms with Crippen LogP contribution >= 0.6 is 0 Å². The maximum atomic E-state index is 13.1. The van der Waals surface area contributed by atoms with Crippen LogP contribution in [-0.2, 0) is 0 Å². The summed E-state index contributed by atoms with van der Waals surface area (Å²) in [5.74, 6) is -0.582. The van der Waals surface area contributed by atoms with Crippen LogP contribution in [0.3, 0.4) is 0 Å². The topological polar surface area (TPSA) is 67.5 Å². The zero-order valence-corrected chi connectivity index (χ0v) is 11.8. The van der Waals surface area contributed by atoms with E-state index in [4.69, 9.17) is 0 Å². The van der Waals surface area contributed by atoms with Crippen LogP contribution in [-0.4, -0.2) is 26.3 Å². The molecule has 0 atom stereocenters. The molecular formula is C17H10FN3O2. The van der Waals surface area contributed by atoms with Gasteiger partial charge in [-0.05, 0) is 24.3 Å². The van der Waals surface area contributed by atoms with E-state index in [1.165, 1.54) is 18.5 Å². The Morgan fingerprint density at radius 3 is 2.43 bits per heavy atom. The quantitative estimate of drug-likeness (QED) is 0.434. The predicted octanol–water partition coefficient (Wildman–Crippen LogP) is 2.78. The Morgan fingerprint density at radius 2 is 1.74 bits per heavy atom. The van der Waals surface area contributed by atoms with Gasteiger partial charge in [-0.15, -0.1) is 0 Å². The molecule has 0 saturated heterocycles. The van der Waals surface area contributed by atoms with Gasteiger partial charge in [-0.2, -0.15) is 0 Å². The van der Waals surface area contributed by atoms with E-state index >= 15 is 0 Å². The van der Waals surface area contributed by atoms with Crippen molar-refractivity contribution >= 4 is 11.5 Å². The highest BCUT2D eigenvalue weighted by Crippen LogP contribution is 2.28. The van der Waals surface area contributed by atoms with E-state index in [9.17, 15) is 14.4 Å². The zero-order valence-electron chi connectivity index (χ0n) is 11.8. The van der Waals surface area contributed by atoms with E-state index in [2.05, 4.69) is 10.1 Å². The number of carbonyl (C=O) groups is 1. The fourth-order valence-electron chi connectivity index (χ4n) is 2.78. The normalized spacial score (nSPS) is 14.7. The van der Waals surface area contributed by atoms with Gasteiger partial charge in [-0.3, -0.25) is 9.36 Å². The molecule has 5 nitrogen and oxygen atoms in total. The Kier molecular flexibility index (Phi) is 2.84. The van der Waals surface area contributed by atoms with E-state index in [-0.39, 0.29) is 17.3 Å². The molecule has 23 heavy (non-hydrogen) atoms. The average Bonchev–Trinajstić information content (AvgIpc) is 3.01. The lowest BCUT2D eigenvalue weighted by atomic mass is 9.89. The van der Waals surface area contributed by atoms with Crippen LogP contribution in [0.15, 0.2) is 60.0 Å². The molecule has 3 aromatic rings. The molecule has 1 aliphatic rings. The maximum absolute atomic E-state index is 13.1. The van der Waals surface area contributed by atoms with Gasteiger partial charge in [0, 0.05) is 16.8 Å². The lowest BCUT2D eigenvalue weighted by Gasteiger charge is -2.17. The summed E-state index contributed by atoms with van der Waals surface area (Å²) in [6, 6.07) is 12.6. The second-order valence-electron chi connectivity index (χ2n) is 5.11. The van der Waals surface area contributed by atoms with Gasteiger partial charge in [0.2, 0.25) is 5.78 Å². The second-order valence-corrected chi connectivity index (χ2v) is 5.11. The van der Waals surface area contributed by atoms with E-state index in [0.717, 1.165) is 0 Å². The van der Waals surface area contributed by atoms with Gasteiger partial charge in [0.1, 0.15) is 29.2 Å². The fourth-order valence-corrected chi connectivity index (χ4v) is 2.78. The van der Waals surface area contributed by atoms with Crippen molar-refractivity contribution in [3.63, 3.8) is 0 Å². The minimum atomic E-state index is -0.364. The predicted molar refractivity (Wildman–Crippen MR) is 80.8 cm³/mol. The van der Waals surface area contributed by atoms with Crippen molar-refractivity contribution in [1.82, 2.24) is 9.55 Å². The number of fused-ring (bicyclic) bond motifs is 2. The second kappa shape index (κ2) is 4.88. The third kappa shape index (κ3) is 1.88. The summed E-state index contributed by atoms with van der Waals surface area (Å²) in [7, 11) is 0. The lowest BCUT2D eigenvalue weighted by molar-refractivity contribution is 0.103. The van der Waals surface area contributed by atoms with Crippen molar-refractivity contribution in [3.05, 3.63) is 83.2 Å². The molecule has 0 radical (unpaired) electrons. The van der Waals surface area contributed by atoms with Gasteiger partial charge in [-0.1, -0.05) is 29.4 Å². The summed E-state index contributed by atoms with van der Waals surface area (Å²) in [4.78, 5) is 17.0. The Labute approximate surface area is 130 Å². The van der Waals surface area contributed by atoms with Gasteiger partial charge in [0.15, 0.2) is 0 Å². The smallest absolute Gasteiger partial charge is 0.212 e. The van der Waals surface area contributed by atoms with E-state index < -0.39 is 0 Å². The first-order valence-corrected chi connectivity index (χ1v) is 6.90. The Balaban J connectivity index is 1.97. The molecule has 1 aromatic heterocycles. The van der Waals surface area contributed by atoms with Crippen molar-refractivity contribution in [2.75, 3.05) is 0 Å². The maximum Gasteiger partial charge on any atom is 0.212 e. The molecule has 0 fully saturated rings. The summed E-state index contributed by atoms with van der Waals surface area (Å²) in [6.45, 7) is 0. The Hall–Kier alpha value is -3.28. The van der Waals surface area contributed by atoms with E-state index in [1.54, 1.807) is 41.0 Å². The Bertz CT molecular complexity index is 958. The van der Waals surface area contributed by atoms with Crippen molar-refractivity contribution in [2.45, 2.75) is 0 Å². The number of imidazole rings is 1. The molecule has 1 aliphatic carbocycles. The molecule has 0 bridgehead atoms. The molecule has 6 heteroatoms. The van der Waals surface area contributed by atoms with Crippen LogP contribution in [0.5, 0.6) is 0 Å². The number of benzene rings is 2. The molecule has 1 heterocycles. The first-order chi connectivity index (χ1) is 11.2. The molecule has 0 unspecified atom stereocenters. The van der Waals surface area contributed by atoms with Crippen LogP contribution in [0, 0.1) is 5.82 Å². The molecule has 0 aliphatic heterocycles. The monoisotopic (exact) mass is 307 g/mol. The number of hydrogen-bond acceptors (Lipinski definition) is 4. The number of oxime groups is 1. The number of nitrogens with zero attached hydrogens (tertiary/aromatic N) is 3. The molecule has 112 valence electrons. The SMILES string of the molecule is O=C1c2ccccc2C(=NO)c2ncn(-c3ccc(F)cc3)c21. The van der Waals surface area contributed by atoms with Gasteiger partial charge in [0.05, 0.1) is 0 Å². The molecule has 0 saturated carbocycles. The Morgan fingerprint density at radius 1 is 1.04 bits per heavy atom. The number of carbonyl (C=O) groups excluding carboxylic acids is 1. The first-order valence-electron chi connectivity index (χ1n) is 6.90. The number of ketones is 1.